The van der Waals surface area contributed by atoms with E-state index in [1.807, 2.05) is 13.1 Å². The van der Waals surface area contributed by atoms with Crippen LogP contribution in [0.4, 0.5) is 5.82 Å². The smallest absolute Gasteiger partial charge is 0.129 e. The standard InChI is InChI=1S/C29H49N5O/c1-10-25-15-16-26(32-29(25)30-8)14-12-13-18-34(21-24(7)35-9)19-17-27(23(5)6)33-28(31-11-2)20-22(3)4/h11,15-16,20,24,27H,2,5,10,12-14,17-19,21H2,1,3-4,6-9H3,(H,30,32)(H,31,33)/t24-,27?/m1/s1. The lowest BCUT2D eigenvalue weighted by atomic mass is 10.1. The van der Waals surface area contributed by atoms with Gasteiger partial charge in [0.05, 0.1) is 12.1 Å². The maximum Gasteiger partial charge on any atom is 0.129 e. The van der Waals surface area contributed by atoms with Crippen molar-refractivity contribution in [2.45, 2.75) is 78.9 Å². The highest BCUT2D eigenvalue weighted by Crippen LogP contribution is 2.16. The lowest BCUT2D eigenvalue weighted by Crippen LogP contribution is -2.35. The van der Waals surface area contributed by atoms with Gasteiger partial charge in [0.1, 0.15) is 11.7 Å². The molecular weight excluding hydrogens is 434 g/mol. The van der Waals surface area contributed by atoms with E-state index in [2.05, 4.69) is 75.4 Å². The molecule has 1 unspecified atom stereocenters. The van der Waals surface area contributed by atoms with E-state index in [-0.39, 0.29) is 12.1 Å². The van der Waals surface area contributed by atoms with Crippen LogP contribution in [0, 0.1) is 0 Å². The van der Waals surface area contributed by atoms with Gasteiger partial charge in [-0.05, 0) is 90.2 Å². The van der Waals surface area contributed by atoms with E-state index in [4.69, 9.17) is 14.7 Å². The average Bonchev–Trinajstić information content (AvgIpc) is 2.83. The molecule has 0 bridgehead atoms. The Morgan fingerprint density at radius 3 is 2.54 bits per heavy atom. The minimum Gasteiger partial charge on any atom is -0.380 e. The van der Waals surface area contributed by atoms with Crippen molar-refractivity contribution >= 4 is 11.7 Å². The minimum atomic E-state index is 0.0506. The summed E-state index contributed by atoms with van der Waals surface area (Å²) in [6.45, 7) is 21.3. The molecule has 6 nitrogen and oxygen atoms in total. The maximum absolute atomic E-state index is 5.57. The quantitative estimate of drug-likeness (QED) is 0.127. The van der Waals surface area contributed by atoms with Crippen LogP contribution >= 0.6 is 0 Å². The van der Waals surface area contributed by atoms with Gasteiger partial charge in [0, 0.05) is 32.9 Å². The maximum atomic E-state index is 5.57. The third-order valence-corrected chi connectivity index (χ3v) is 5.99. The molecule has 1 aromatic rings. The number of aromatic nitrogens is 1. The Labute approximate surface area is 214 Å². The van der Waals surface area contributed by atoms with Gasteiger partial charge in [-0.3, -0.25) is 4.99 Å². The number of aliphatic imine (C=N–C) groups is 1. The van der Waals surface area contributed by atoms with Crippen molar-refractivity contribution in [3.63, 3.8) is 0 Å². The van der Waals surface area contributed by atoms with E-state index < -0.39 is 0 Å². The number of hydrogen-bond acceptors (Lipinski definition) is 5. The first kappa shape index (κ1) is 30.6. The number of nitrogens with one attached hydrogen (secondary N) is 2. The second-order valence-corrected chi connectivity index (χ2v) is 9.45. The van der Waals surface area contributed by atoms with Gasteiger partial charge in [-0.2, -0.15) is 0 Å². The number of anilines is 1. The molecule has 1 heterocycles. The molecule has 1 rings (SSSR count). The van der Waals surface area contributed by atoms with Crippen LogP contribution in [-0.2, 0) is 17.6 Å². The van der Waals surface area contributed by atoms with E-state index in [1.165, 1.54) is 11.1 Å². The molecule has 2 N–H and O–H groups in total. The number of hydrogen-bond donors (Lipinski definition) is 2. The van der Waals surface area contributed by atoms with Crippen LogP contribution in [0.1, 0.15) is 65.1 Å². The first-order chi connectivity index (χ1) is 16.7. The van der Waals surface area contributed by atoms with E-state index in [9.17, 15) is 0 Å². The normalized spacial score (nSPS) is 13.3. The summed E-state index contributed by atoms with van der Waals surface area (Å²) >= 11 is 0. The van der Waals surface area contributed by atoms with E-state index in [0.717, 1.165) is 74.7 Å². The largest absolute Gasteiger partial charge is 0.380 e. The fourth-order valence-electron chi connectivity index (χ4n) is 3.93. The van der Waals surface area contributed by atoms with Crippen LogP contribution in [0.3, 0.4) is 0 Å². The summed E-state index contributed by atoms with van der Waals surface area (Å²) in [5, 5.41) is 6.38. The predicted molar refractivity (Wildman–Crippen MR) is 152 cm³/mol. The molecular formula is C29H49N5O. The summed E-state index contributed by atoms with van der Waals surface area (Å²) in [4.78, 5) is 12.2. The Morgan fingerprint density at radius 2 is 1.97 bits per heavy atom. The van der Waals surface area contributed by atoms with E-state index >= 15 is 0 Å². The number of ether oxygens (including phenoxy) is 1. The van der Waals surface area contributed by atoms with Gasteiger partial charge in [-0.1, -0.05) is 37.3 Å². The van der Waals surface area contributed by atoms with Gasteiger partial charge in [0.25, 0.3) is 0 Å². The van der Waals surface area contributed by atoms with Crippen molar-refractivity contribution in [1.82, 2.24) is 15.2 Å². The molecule has 196 valence electrons. The molecule has 0 aliphatic carbocycles. The van der Waals surface area contributed by atoms with Crippen molar-refractivity contribution in [1.29, 1.82) is 0 Å². The lowest BCUT2D eigenvalue weighted by Gasteiger charge is -2.27. The minimum absolute atomic E-state index is 0.0506. The average molecular weight is 484 g/mol. The zero-order valence-corrected chi connectivity index (χ0v) is 23.3. The van der Waals surface area contributed by atoms with Crippen molar-refractivity contribution in [2.24, 2.45) is 4.99 Å². The van der Waals surface area contributed by atoms with Crippen molar-refractivity contribution in [3.8, 4) is 0 Å². The van der Waals surface area contributed by atoms with Gasteiger partial charge in [-0.25, -0.2) is 4.98 Å². The fourth-order valence-corrected chi connectivity index (χ4v) is 3.93. The highest BCUT2D eigenvalue weighted by Gasteiger charge is 2.15. The number of rotatable bonds is 17. The Kier molecular flexibility index (Phi) is 14.9. The predicted octanol–water partition coefficient (Wildman–Crippen LogP) is 5.78. The second-order valence-electron chi connectivity index (χ2n) is 9.45. The molecule has 0 aliphatic rings. The van der Waals surface area contributed by atoms with Gasteiger partial charge in [0.15, 0.2) is 0 Å². The van der Waals surface area contributed by atoms with Crippen molar-refractivity contribution in [2.75, 3.05) is 39.1 Å². The van der Waals surface area contributed by atoms with Crippen molar-refractivity contribution < 1.29 is 4.74 Å². The lowest BCUT2D eigenvalue weighted by molar-refractivity contribution is 0.0755. The summed E-state index contributed by atoms with van der Waals surface area (Å²) in [7, 11) is 3.72. The molecule has 6 heteroatoms. The fraction of sp³-hybridized carbons (Fsp3) is 0.586. The molecule has 0 saturated carbocycles. The zero-order chi connectivity index (χ0) is 26.2. The molecule has 0 saturated heterocycles. The van der Waals surface area contributed by atoms with E-state index in [0.29, 0.717) is 0 Å². The molecule has 2 atom stereocenters. The molecule has 0 amide bonds. The number of unbranched alkanes of at least 4 members (excludes halogenated alkanes) is 1. The Balaban J connectivity index is 2.76. The molecule has 0 spiro atoms. The highest BCUT2D eigenvalue weighted by atomic mass is 16.5. The number of nitrogens with zero attached hydrogens (tertiary/aromatic N) is 3. The zero-order valence-electron chi connectivity index (χ0n) is 23.3. The van der Waals surface area contributed by atoms with E-state index in [1.54, 1.807) is 13.3 Å². The summed E-state index contributed by atoms with van der Waals surface area (Å²) < 4.78 is 5.57. The monoisotopic (exact) mass is 483 g/mol. The number of pyridine rings is 1. The first-order valence-corrected chi connectivity index (χ1v) is 12.9. The van der Waals surface area contributed by atoms with Gasteiger partial charge in [-0.15, -0.1) is 0 Å². The summed E-state index contributed by atoms with van der Waals surface area (Å²) in [6.07, 6.45) is 9.02. The molecule has 0 aliphatic heterocycles. The Bertz CT molecular complexity index is 841. The molecule has 0 radical (unpaired) electrons. The molecule has 35 heavy (non-hydrogen) atoms. The summed E-state index contributed by atoms with van der Waals surface area (Å²) in [6, 6.07) is 4.42. The van der Waals surface area contributed by atoms with Crippen LogP contribution in [0.5, 0.6) is 0 Å². The SMILES string of the molecule is C=CNC(C=C(C)C)=NC(CCN(CCCCc1ccc(CC)c(NC)n1)C[C@@H](C)OC)C(=C)C. The van der Waals surface area contributed by atoms with Gasteiger partial charge >= 0.3 is 0 Å². The van der Waals surface area contributed by atoms with Crippen LogP contribution in [-0.4, -0.2) is 61.7 Å². The van der Waals surface area contributed by atoms with Crippen LogP contribution in [0.2, 0.25) is 0 Å². The summed E-state index contributed by atoms with van der Waals surface area (Å²) in [5.74, 6) is 1.83. The Morgan fingerprint density at radius 1 is 1.23 bits per heavy atom. The number of methoxy groups -OCH3 is 1. The Hall–Kier alpha value is -2.44. The topological polar surface area (TPSA) is 61.8 Å². The van der Waals surface area contributed by atoms with Gasteiger partial charge < -0.3 is 20.3 Å². The van der Waals surface area contributed by atoms with Crippen molar-refractivity contribution in [3.05, 3.63) is 60.0 Å². The van der Waals surface area contributed by atoms with Gasteiger partial charge in [0.2, 0.25) is 0 Å². The first-order valence-electron chi connectivity index (χ1n) is 12.9. The number of amidine groups is 1. The van der Waals surface area contributed by atoms with Crippen LogP contribution < -0.4 is 10.6 Å². The van der Waals surface area contributed by atoms with Crippen LogP contribution in [0.25, 0.3) is 0 Å². The third-order valence-electron chi connectivity index (χ3n) is 5.99. The van der Waals surface area contributed by atoms with Crippen LogP contribution in [0.15, 0.2) is 53.7 Å². The second kappa shape index (κ2) is 17.1. The molecule has 0 aromatic carbocycles. The number of allylic oxidation sites excluding steroid dienone is 1. The number of aryl methyl sites for hydroxylation is 2. The third kappa shape index (κ3) is 12.2. The molecule has 1 aromatic heterocycles. The highest BCUT2D eigenvalue weighted by molar-refractivity contribution is 5.94. The molecule has 0 fully saturated rings. The summed E-state index contributed by atoms with van der Waals surface area (Å²) in [5.41, 5.74) is 4.68.